The second kappa shape index (κ2) is 5.01. The predicted molar refractivity (Wildman–Crippen MR) is 60.5 cm³/mol. The van der Waals surface area contributed by atoms with Crippen LogP contribution in [0.15, 0.2) is 24.3 Å². The maximum absolute atomic E-state index is 11.1. The van der Waals surface area contributed by atoms with E-state index in [2.05, 4.69) is 12.1 Å². The van der Waals surface area contributed by atoms with Crippen LogP contribution in [0.1, 0.15) is 30.7 Å². The number of benzene rings is 1. The van der Waals surface area contributed by atoms with Crippen LogP contribution < -0.4 is 4.74 Å². The summed E-state index contributed by atoms with van der Waals surface area (Å²) in [5.74, 6) is 1.22. The third-order valence-corrected chi connectivity index (χ3v) is 3.01. The van der Waals surface area contributed by atoms with E-state index >= 15 is 0 Å². The number of carbonyl (C=O) groups excluding carboxylic acids is 1. The monoisotopic (exact) mass is 220 g/mol. The molecule has 86 valence electrons. The van der Waals surface area contributed by atoms with Crippen molar-refractivity contribution >= 4 is 5.97 Å². The van der Waals surface area contributed by atoms with Gasteiger partial charge in [0.25, 0.3) is 0 Å². The molecule has 16 heavy (non-hydrogen) atoms. The second-order valence-corrected chi connectivity index (χ2v) is 4.02. The lowest BCUT2D eigenvalue weighted by Gasteiger charge is -2.13. The average Bonchev–Trinajstić information content (AvgIpc) is 2.54. The van der Waals surface area contributed by atoms with Gasteiger partial charge in [0.2, 0.25) is 0 Å². The Morgan fingerprint density at radius 3 is 2.69 bits per heavy atom. The number of carbonyl (C=O) groups is 1. The van der Waals surface area contributed by atoms with Gasteiger partial charge in [0.1, 0.15) is 5.75 Å². The molecular weight excluding hydrogens is 204 g/mol. The number of rotatable bonds is 2. The molecule has 0 aromatic heterocycles. The largest absolute Gasteiger partial charge is 0.497 e. The third-order valence-electron chi connectivity index (χ3n) is 3.01. The predicted octanol–water partition coefficient (Wildman–Crippen LogP) is 2.51. The summed E-state index contributed by atoms with van der Waals surface area (Å²) in [4.78, 5) is 11.1. The van der Waals surface area contributed by atoms with E-state index in [9.17, 15) is 4.79 Å². The molecule has 1 aromatic carbocycles. The van der Waals surface area contributed by atoms with Crippen molar-refractivity contribution in [3.63, 3.8) is 0 Å². The van der Waals surface area contributed by atoms with Crippen molar-refractivity contribution in [3.8, 4) is 5.75 Å². The Balaban J connectivity index is 2.07. The van der Waals surface area contributed by atoms with Crippen LogP contribution in [0.5, 0.6) is 5.75 Å². The molecule has 0 N–H and O–H groups in total. The number of hydrogen-bond donors (Lipinski definition) is 0. The lowest BCUT2D eigenvalue weighted by molar-refractivity contribution is -0.142. The summed E-state index contributed by atoms with van der Waals surface area (Å²) in [7, 11) is 1.66. The van der Waals surface area contributed by atoms with Gasteiger partial charge < -0.3 is 9.47 Å². The summed E-state index contributed by atoms with van der Waals surface area (Å²) in [5.41, 5.74) is 1.26. The van der Waals surface area contributed by atoms with Gasteiger partial charge in [-0.25, -0.2) is 0 Å². The van der Waals surface area contributed by atoms with Crippen LogP contribution in [-0.4, -0.2) is 19.7 Å². The molecule has 1 fully saturated rings. The summed E-state index contributed by atoms with van der Waals surface area (Å²) >= 11 is 0. The first kappa shape index (κ1) is 11.0. The molecule has 1 aromatic rings. The highest BCUT2D eigenvalue weighted by Crippen LogP contribution is 2.28. The van der Waals surface area contributed by atoms with Crippen LogP contribution in [0.4, 0.5) is 0 Å². The van der Waals surface area contributed by atoms with Gasteiger partial charge in [-0.1, -0.05) is 12.1 Å². The molecule has 1 atom stereocenters. The van der Waals surface area contributed by atoms with Gasteiger partial charge in [0.15, 0.2) is 0 Å². The van der Waals surface area contributed by atoms with Gasteiger partial charge in [-0.15, -0.1) is 0 Å². The minimum Gasteiger partial charge on any atom is -0.497 e. The van der Waals surface area contributed by atoms with E-state index in [-0.39, 0.29) is 5.97 Å². The highest BCUT2D eigenvalue weighted by molar-refractivity contribution is 5.69. The van der Waals surface area contributed by atoms with Crippen molar-refractivity contribution in [3.05, 3.63) is 29.8 Å². The molecule has 0 spiro atoms. The molecule has 1 unspecified atom stereocenters. The van der Waals surface area contributed by atoms with Crippen LogP contribution in [0.2, 0.25) is 0 Å². The van der Waals surface area contributed by atoms with Crippen molar-refractivity contribution in [2.24, 2.45) is 0 Å². The SMILES string of the molecule is COc1ccc(C2CCOC(=O)CC2)cc1. The lowest BCUT2D eigenvalue weighted by atomic mass is 9.92. The number of hydrogen-bond acceptors (Lipinski definition) is 3. The molecule has 0 saturated carbocycles. The minimum atomic E-state index is -0.0731. The Morgan fingerprint density at radius 2 is 2.00 bits per heavy atom. The van der Waals surface area contributed by atoms with E-state index in [0.717, 1.165) is 18.6 Å². The number of methoxy groups -OCH3 is 1. The highest BCUT2D eigenvalue weighted by Gasteiger charge is 2.18. The van der Waals surface area contributed by atoms with Crippen molar-refractivity contribution < 1.29 is 14.3 Å². The molecular formula is C13H16O3. The molecule has 0 bridgehead atoms. The van der Waals surface area contributed by atoms with Gasteiger partial charge in [0.05, 0.1) is 13.7 Å². The Hall–Kier alpha value is -1.51. The molecule has 2 rings (SSSR count). The lowest BCUT2D eigenvalue weighted by Crippen LogP contribution is -2.00. The maximum atomic E-state index is 11.1. The first-order valence-electron chi connectivity index (χ1n) is 5.59. The van der Waals surface area contributed by atoms with Gasteiger partial charge >= 0.3 is 5.97 Å². The summed E-state index contributed by atoms with van der Waals surface area (Å²) in [6, 6.07) is 8.06. The molecule has 0 aliphatic carbocycles. The van der Waals surface area contributed by atoms with E-state index in [1.54, 1.807) is 7.11 Å². The molecule has 1 aliphatic rings. The number of esters is 1. The Labute approximate surface area is 95.4 Å². The highest BCUT2D eigenvalue weighted by atomic mass is 16.5. The molecule has 1 saturated heterocycles. The van der Waals surface area contributed by atoms with Crippen LogP contribution >= 0.6 is 0 Å². The summed E-state index contributed by atoms with van der Waals surface area (Å²) in [6.45, 7) is 0.537. The van der Waals surface area contributed by atoms with Crippen LogP contribution in [0.25, 0.3) is 0 Å². The molecule has 1 heterocycles. The third kappa shape index (κ3) is 2.54. The topological polar surface area (TPSA) is 35.5 Å². The zero-order chi connectivity index (χ0) is 11.4. The first-order valence-corrected chi connectivity index (χ1v) is 5.59. The zero-order valence-corrected chi connectivity index (χ0v) is 9.44. The van der Waals surface area contributed by atoms with E-state index in [0.29, 0.717) is 18.9 Å². The molecule has 1 aliphatic heterocycles. The van der Waals surface area contributed by atoms with Crippen molar-refractivity contribution in [2.45, 2.75) is 25.2 Å². The fourth-order valence-corrected chi connectivity index (χ4v) is 2.03. The number of cyclic esters (lactones) is 1. The molecule has 0 radical (unpaired) electrons. The smallest absolute Gasteiger partial charge is 0.305 e. The summed E-state index contributed by atoms with van der Waals surface area (Å²) in [5, 5.41) is 0. The average molecular weight is 220 g/mol. The van der Waals surface area contributed by atoms with E-state index in [4.69, 9.17) is 9.47 Å². The molecule has 3 nitrogen and oxygen atoms in total. The standard InChI is InChI=1S/C13H16O3/c1-15-12-5-2-10(3-6-12)11-4-7-13(14)16-9-8-11/h2-3,5-6,11H,4,7-9H2,1H3. The minimum absolute atomic E-state index is 0.0731. The van der Waals surface area contributed by atoms with Crippen LogP contribution in [-0.2, 0) is 9.53 Å². The molecule has 3 heteroatoms. The zero-order valence-electron chi connectivity index (χ0n) is 9.44. The van der Waals surface area contributed by atoms with Crippen LogP contribution in [0, 0.1) is 0 Å². The summed E-state index contributed by atoms with van der Waals surface area (Å²) in [6.07, 6.45) is 2.32. The Kier molecular flexibility index (Phi) is 3.44. The van der Waals surface area contributed by atoms with Crippen LogP contribution in [0.3, 0.4) is 0 Å². The first-order chi connectivity index (χ1) is 7.79. The van der Waals surface area contributed by atoms with Gasteiger partial charge in [-0.05, 0) is 36.5 Å². The van der Waals surface area contributed by atoms with Crippen molar-refractivity contribution in [1.82, 2.24) is 0 Å². The Morgan fingerprint density at radius 1 is 1.25 bits per heavy atom. The maximum Gasteiger partial charge on any atom is 0.305 e. The molecule has 0 amide bonds. The van der Waals surface area contributed by atoms with Crippen molar-refractivity contribution in [2.75, 3.05) is 13.7 Å². The van der Waals surface area contributed by atoms with E-state index in [1.165, 1.54) is 5.56 Å². The van der Waals surface area contributed by atoms with E-state index < -0.39 is 0 Å². The quantitative estimate of drug-likeness (QED) is 0.718. The van der Waals surface area contributed by atoms with Crippen molar-refractivity contribution in [1.29, 1.82) is 0 Å². The van der Waals surface area contributed by atoms with E-state index in [1.807, 2.05) is 12.1 Å². The number of ether oxygens (including phenoxy) is 2. The van der Waals surface area contributed by atoms with Gasteiger partial charge in [-0.2, -0.15) is 0 Å². The Bertz CT molecular complexity index is 356. The van der Waals surface area contributed by atoms with Gasteiger partial charge in [0, 0.05) is 6.42 Å². The fraction of sp³-hybridized carbons (Fsp3) is 0.462. The normalized spacial score (nSPS) is 21.1. The fourth-order valence-electron chi connectivity index (χ4n) is 2.03. The summed E-state index contributed by atoms with van der Waals surface area (Å²) < 4.78 is 10.2. The second-order valence-electron chi connectivity index (χ2n) is 4.02. The van der Waals surface area contributed by atoms with Gasteiger partial charge in [-0.3, -0.25) is 4.79 Å².